The van der Waals surface area contributed by atoms with E-state index in [1.54, 1.807) is 13.1 Å². The Labute approximate surface area is 166 Å². The highest BCUT2D eigenvalue weighted by Gasteiger charge is 2.20. The number of nitrogens with zero attached hydrogens (tertiary/aromatic N) is 2. The lowest BCUT2D eigenvalue weighted by atomic mass is 10.2. The van der Waals surface area contributed by atoms with E-state index in [-0.39, 0.29) is 18.4 Å². The molecule has 2 aromatic carbocycles. The van der Waals surface area contributed by atoms with Gasteiger partial charge in [-0.15, -0.1) is 0 Å². The summed E-state index contributed by atoms with van der Waals surface area (Å²) < 4.78 is 5.82. The number of likely N-dealkylation sites (N-methyl/N-ethyl adjacent to an activating group) is 1. The van der Waals surface area contributed by atoms with Crippen LogP contribution in [-0.4, -0.2) is 48.3 Å². The second-order valence-corrected chi connectivity index (χ2v) is 6.96. The minimum atomic E-state index is -0.192. The van der Waals surface area contributed by atoms with Gasteiger partial charge in [0, 0.05) is 26.2 Å². The summed E-state index contributed by atoms with van der Waals surface area (Å²) >= 11 is 0. The van der Waals surface area contributed by atoms with Crippen LogP contribution in [0.15, 0.2) is 60.7 Å². The van der Waals surface area contributed by atoms with Gasteiger partial charge in [-0.3, -0.25) is 9.59 Å². The van der Waals surface area contributed by atoms with Gasteiger partial charge in [0.2, 0.25) is 11.8 Å². The lowest BCUT2D eigenvalue weighted by molar-refractivity contribution is -0.136. The van der Waals surface area contributed by atoms with Crippen molar-refractivity contribution in [3.05, 3.63) is 71.8 Å². The van der Waals surface area contributed by atoms with Crippen LogP contribution in [0, 0.1) is 0 Å². The molecule has 0 aliphatic carbocycles. The third-order valence-corrected chi connectivity index (χ3v) is 4.73. The van der Waals surface area contributed by atoms with E-state index in [0.717, 1.165) is 42.8 Å². The molecule has 1 aliphatic heterocycles. The molecule has 5 heteroatoms. The van der Waals surface area contributed by atoms with Crippen LogP contribution in [0.5, 0.6) is 5.75 Å². The molecule has 146 valence electrons. The fourth-order valence-corrected chi connectivity index (χ4v) is 3.09. The zero-order chi connectivity index (χ0) is 19.8. The molecule has 1 heterocycles. The highest BCUT2D eigenvalue weighted by molar-refractivity contribution is 5.94. The van der Waals surface area contributed by atoms with Gasteiger partial charge in [0.25, 0.3) is 0 Å². The predicted octanol–water partition coefficient (Wildman–Crippen LogP) is 3.36. The normalized spacial score (nSPS) is 13.7. The van der Waals surface area contributed by atoms with Gasteiger partial charge in [0.05, 0.1) is 6.54 Å². The van der Waals surface area contributed by atoms with Gasteiger partial charge < -0.3 is 14.5 Å². The van der Waals surface area contributed by atoms with E-state index in [0.29, 0.717) is 6.61 Å². The number of ether oxygens (including phenoxy) is 1. The lowest BCUT2D eigenvalue weighted by Crippen LogP contribution is -2.39. The van der Waals surface area contributed by atoms with Crippen LogP contribution in [0.3, 0.4) is 0 Å². The smallest absolute Gasteiger partial charge is 0.246 e. The first kappa shape index (κ1) is 19.7. The molecule has 0 unspecified atom stereocenters. The Morgan fingerprint density at radius 1 is 1.07 bits per heavy atom. The van der Waals surface area contributed by atoms with Crippen LogP contribution >= 0.6 is 0 Å². The monoisotopic (exact) mass is 378 g/mol. The van der Waals surface area contributed by atoms with Gasteiger partial charge in [-0.2, -0.15) is 0 Å². The molecule has 0 aromatic heterocycles. The Bertz CT molecular complexity index is 827. The molecule has 1 fully saturated rings. The minimum absolute atomic E-state index is 0.0121. The quantitative estimate of drug-likeness (QED) is 0.694. The molecule has 0 spiro atoms. The van der Waals surface area contributed by atoms with Crippen molar-refractivity contribution in [2.45, 2.75) is 19.4 Å². The molecular formula is C23H26N2O3. The summed E-state index contributed by atoms with van der Waals surface area (Å²) in [6.07, 6.45) is 5.33. The van der Waals surface area contributed by atoms with Crippen molar-refractivity contribution >= 4 is 17.9 Å². The van der Waals surface area contributed by atoms with E-state index < -0.39 is 0 Å². The Kier molecular flexibility index (Phi) is 6.84. The summed E-state index contributed by atoms with van der Waals surface area (Å²) in [5.41, 5.74) is 1.97. The van der Waals surface area contributed by atoms with Crippen LogP contribution in [0.2, 0.25) is 0 Å². The third kappa shape index (κ3) is 5.71. The number of hydrogen-bond acceptors (Lipinski definition) is 3. The topological polar surface area (TPSA) is 49.9 Å². The van der Waals surface area contributed by atoms with Crippen molar-refractivity contribution in [2.24, 2.45) is 0 Å². The van der Waals surface area contributed by atoms with Crippen LogP contribution in [0.1, 0.15) is 24.0 Å². The molecule has 0 atom stereocenters. The largest absolute Gasteiger partial charge is 0.489 e. The SMILES string of the molecule is CN(CC(=O)N1CCCC1)C(=O)/C=C/c1cccc(OCc2ccccc2)c1. The number of rotatable bonds is 7. The molecule has 0 N–H and O–H groups in total. The van der Waals surface area contributed by atoms with Crippen LogP contribution in [0.25, 0.3) is 6.08 Å². The molecule has 28 heavy (non-hydrogen) atoms. The maximum Gasteiger partial charge on any atom is 0.246 e. The Morgan fingerprint density at radius 3 is 2.57 bits per heavy atom. The molecular weight excluding hydrogens is 352 g/mol. The van der Waals surface area contributed by atoms with E-state index in [4.69, 9.17) is 4.74 Å². The first-order chi connectivity index (χ1) is 13.6. The van der Waals surface area contributed by atoms with Crippen molar-refractivity contribution in [1.82, 2.24) is 9.80 Å². The van der Waals surface area contributed by atoms with E-state index in [9.17, 15) is 9.59 Å². The highest BCUT2D eigenvalue weighted by atomic mass is 16.5. The lowest BCUT2D eigenvalue weighted by Gasteiger charge is -2.20. The molecule has 3 rings (SSSR count). The zero-order valence-corrected chi connectivity index (χ0v) is 16.2. The minimum Gasteiger partial charge on any atom is -0.489 e. The van der Waals surface area contributed by atoms with Crippen LogP contribution < -0.4 is 4.74 Å². The summed E-state index contributed by atoms with van der Waals surface area (Å²) in [5.74, 6) is 0.567. The summed E-state index contributed by atoms with van der Waals surface area (Å²) in [6, 6.07) is 17.6. The van der Waals surface area contributed by atoms with Gasteiger partial charge in [-0.25, -0.2) is 0 Å². The summed E-state index contributed by atoms with van der Waals surface area (Å²) in [7, 11) is 1.65. The first-order valence-corrected chi connectivity index (χ1v) is 9.59. The molecule has 0 bridgehead atoms. The number of benzene rings is 2. The fraction of sp³-hybridized carbons (Fsp3) is 0.304. The predicted molar refractivity (Wildman–Crippen MR) is 110 cm³/mol. The van der Waals surface area contributed by atoms with E-state index in [2.05, 4.69) is 0 Å². The third-order valence-electron chi connectivity index (χ3n) is 4.73. The summed E-state index contributed by atoms with van der Waals surface area (Å²) in [5, 5.41) is 0. The van der Waals surface area contributed by atoms with Gasteiger partial charge in [-0.05, 0) is 42.2 Å². The number of amides is 2. The average molecular weight is 378 g/mol. The Morgan fingerprint density at radius 2 is 1.82 bits per heavy atom. The second kappa shape index (κ2) is 9.74. The maximum absolute atomic E-state index is 12.3. The second-order valence-electron chi connectivity index (χ2n) is 6.96. The number of hydrogen-bond donors (Lipinski definition) is 0. The van der Waals surface area contributed by atoms with Crippen molar-refractivity contribution in [1.29, 1.82) is 0 Å². The van der Waals surface area contributed by atoms with Crippen molar-refractivity contribution < 1.29 is 14.3 Å². The molecule has 5 nitrogen and oxygen atoms in total. The van der Waals surface area contributed by atoms with Crippen molar-refractivity contribution in [2.75, 3.05) is 26.7 Å². The van der Waals surface area contributed by atoms with E-state index in [1.807, 2.05) is 59.5 Å². The molecule has 0 saturated carbocycles. The van der Waals surface area contributed by atoms with E-state index >= 15 is 0 Å². The molecule has 2 amide bonds. The maximum atomic E-state index is 12.3. The van der Waals surface area contributed by atoms with Gasteiger partial charge in [-0.1, -0.05) is 42.5 Å². The summed E-state index contributed by atoms with van der Waals surface area (Å²) in [4.78, 5) is 27.7. The van der Waals surface area contributed by atoms with E-state index in [1.165, 1.54) is 11.0 Å². The summed E-state index contributed by atoms with van der Waals surface area (Å²) in [6.45, 7) is 2.21. The molecule has 1 aliphatic rings. The molecule has 1 saturated heterocycles. The standard InChI is InChI=1S/C23H26N2O3/c1-24(17-23(27)25-14-5-6-15-25)22(26)13-12-19-10-7-11-21(16-19)28-18-20-8-3-2-4-9-20/h2-4,7-13,16H,5-6,14-15,17-18H2,1H3/b13-12+. The zero-order valence-electron chi connectivity index (χ0n) is 16.2. The average Bonchev–Trinajstić information content (AvgIpc) is 3.26. The number of carbonyl (C=O) groups is 2. The fourth-order valence-electron chi connectivity index (χ4n) is 3.09. The number of likely N-dealkylation sites (tertiary alicyclic amines) is 1. The molecule has 0 radical (unpaired) electrons. The number of carbonyl (C=O) groups excluding carboxylic acids is 2. The van der Waals surface area contributed by atoms with Crippen LogP contribution in [0.4, 0.5) is 0 Å². The molecule has 2 aromatic rings. The van der Waals surface area contributed by atoms with Gasteiger partial charge >= 0.3 is 0 Å². The highest BCUT2D eigenvalue weighted by Crippen LogP contribution is 2.16. The van der Waals surface area contributed by atoms with Gasteiger partial charge in [0.1, 0.15) is 12.4 Å². The van der Waals surface area contributed by atoms with Crippen LogP contribution in [-0.2, 0) is 16.2 Å². The Balaban J connectivity index is 1.52. The Hall–Kier alpha value is -3.08. The first-order valence-electron chi connectivity index (χ1n) is 9.59. The van der Waals surface area contributed by atoms with Gasteiger partial charge in [0.15, 0.2) is 0 Å². The van der Waals surface area contributed by atoms with Crippen molar-refractivity contribution in [3.63, 3.8) is 0 Å². The van der Waals surface area contributed by atoms with Crippen molar-refractivity contribution in [3.8, 4) is 5.75 Å².